The minimum Gasteiger partial charge on any atom is -0.481 e. The molecule has 0 aliphatic carbocycles. The molecular formula is C6H18O3Y. The summed E-state index contributed by atoms with van der Waals surface area (Å²) in [5, 5.41) is 14.7. The van der Waals surface area contributed by atoms with Gasteiger partial charge in [-0.05, 0) is 0 Å². The summed E-state index contributed by atoms with van der Waals surface area (Å²) in [5.41, 5.74) is 0. The molecule has 0 aromatic carbocycles. The third kappa shape index (κ3) is 75.4. The van der Waals surface area contributed by atoms with Gasteiger partial charge in [-0.3, -0.25) is 4.79 Å². The van der Waals surface area contributed by atoms with Crippen LogP contribution in [0.1, 0.15) is 28.2 Å². The molecular weight excluding hydrogens is 209 g/mol. The van der Waals surface area contributed by atoms with Crippen molar-refractivity contribution in [2.45, 2.75) is 28.2 Å². The zero-order valence-corrected chi connectivity index (χ0v) is 7.93. The van der Waals surface area contributed by atoms with E-state index >= 15 is 0 Å². The molecule has 63 valence electrons. The molecule has 0 saturated carbocycles. The van der Waals surface area contributed by atoms with E-state index in [1.54, 1.807) is 6.92 Å². The molecule has 2 N–H and O–H groups in total. The number of carboxylic acids is 1. The van der Waals surface area contributed by atoms with Crippen LogP contribution in [0.2, 0.25) is 0 Å². The molecule has 0 aromatic rings. The molecule has 0 amide bonds. The zero-order valence-electron chi connectivity index (χ0n) is 5.09. The fraction of sp³-hybridized carbons (Fsp3) is 0.833. The maximum Gasteiger partial charge on any atom is 0.303 e. The van der Waals surface area contributed by atoms with Gasteiger partial charge in [-0.1, -0.05) is 21.8 Å². The Morgan fingerprint density at radius 3 is 1.40 bits per heavy atom. The van der Waals surface area contributed by atoms with Crippen molar-refractivity contribution in [3.8, 4) is 0 Å². The van der Waals surface area contributed by atoms with E-state index < -0.39 is 5.97 Å². The molecule has 0 fully saturated rings. The van der Waals surface area contributed by atoms with E-state index in [9.17, 15) is 4.79 Å². The third-order valence-corrected chi connectivity index (χ3v) is 0.302. The number of aliphatic hydroxyl groups excluding tert-OH is 1. The number of hydrogen-bond acceptors (Lipinski definition) is 2. The number of hydrogen-bond donors (Lipinski definition) is 2. The second kappa shape index (κ2) is 33.8. The van der Waals surface area contributed by atoms with E-state index in [1.807, 2.05) is 0 Å². The maximum absolute atomic E-state index is 9.37. The van der Waals surface area contributed by atoms with Crippen LogP contribution in [-0.4, -0.2) is 23.3 Å². The Balaban J connectivity index is -0.0000000154. The van der Waals surface area contributed by atoms with Crippen molar-refractivity contribution < 1.29 is 47.7 Å². The first-order valence-corrected chi connectivity index (χ1v) is 1.94. The fourth-order valence-electron chi connectivity index (χ4n) is 0. The first kappa shape index (κ1) is 31.3. The standard InChI is InChI=1S/C3H6O2.CH4O.2CH4.Y/c1-2-3(4)5;1-2;;;/h2H2,1H3,(H,4,5);2H,1H3;2*1H4;. The number of rotatable bonds is 1. The van der Waals surface area contributed by atoms with Crippen molar-refractivity contribution in [2.24, 2.45) is 0 Å². The Morgan fingerprint density at radius 1 is 1.30 bits per heavy atom. The van der Waals surface area contributed by atoms with Gasteiger partial charge in [0, 0.05) is 46.2 Å². The van der Waals surface area contributed by atoms with Crippen LogP contribution in [0.5, 0.6) is 0 Å². The Bertz CT molecular complexity index is 48.3. The second-order valence-corrected chi connectivity index (χ2v) is 0.747. The molecule has 3 nitrogen and oxygen atoms in total. The van der Waals surface area contributed by atoms with Gasteiger partial charge in [0.1, 0.15) is 0 Å². The summed E-state index contributed by atoms with van der Waals surface area (Å²) in [5.74, 6) is -0.745. The quantitative estimate of drug-likeness (QED) is 0.711. The van der Waals surface area contributed by atoms with Crippen LogP contribution in [0.15, 0.2) is 0 Å². The average Bonchev–Trinajstić information content (AvgIpc) is 1.73. The minimum absolute atomic E-state index is 0. The van der Waals surface area contributed by atoms with E-state index in [-0.39, 0.29) is 54.0 Å². The summed E-state index contributed by atoms with van der Waals surface area (Å²) in [4.78, 5) is 9.37. The third-order valence-electron chi connectivity index (χ3n) is 0.302. The van der Waals surface area contributed by atoms with Gasteiger partial charge in [-0.25, -0.2) is 0 Å². The van der Waals surface area contributed by atoms with E-state index in [4.69, 9.17) is 10.2 Å². The van der Waals surface area contributed by atoms with Crippen molar-refractivity contribution in [3.63, 3.8) is 0 Å². The normalized spacial score (nSPS) is 4.30. The molecule has 4 heteroatoms. The van der Waals surface area contributed by atoms with Gasteiger partial charge >= 0.3 is 5.97 Å². The van der Waals surface area contributed by atoms with Crippen molar-refractivity contribution in [1.82, 2.24) is 0 Å². The average molecular weight is 227 g/mol. The van der Waals surface area contributed by atoms with Crippen molar-refractivity contribution in [1.29, 1.82) is 0 Å². The summed E-state index contributed by atoms with van der Waals surface area (Å²) in [7, 11) is 1.00. The maximum atomic E-state index is 9.37. The Kier molecular flexibility index (Phi) is 106. The first-order valence-electron chi connectivity index (χ1n) is 1.94. The molecule has 0 spiro atoms. The van der Waals surface area contributed by atoms with Crippen LogP contribution in [0.3, 0.4) is 0 Å². The monoisotopic (exact) mass is 227 g/mol. The van der Waals surface area contributed by atoms with Gasteiger partial charge in [0.25, 0.3) is 0 Å². The molecule has 0 heterocycles. The fourth-order valence-corrected chi connectivity index (χ4v) is 0. The summed E-state index contributed by atoms with van der Waals surface area (Å²) in [6.07, 6.45) is 0.222. The van der Waals surface area contributed by atoms with Crippen LogP contribution in [0, 0.1) is 0 Å². The molecule has 1 radical (unpaired) electrons. The van der Waals surface area contributed by atoms with Crippen LogP contribution in [0.4, 0.5) is 0 Å². The Morgan fingerprint density at radius 2 is 1.40 bits per heavy atom. The van der Waals surface area contributed by atoms with Crippen molar-refractivity contribution >= 4 is 5.97 Å². The van der Waals surface area contributed by atoms with Gasteiger partial charge < -0.3 is 10.2 Å². The van der Waals surface area contributed by atoms with Crippen LogP contribution < -0.4 is 0 Å². The van der Waals surface area contributed by atoms with Gasteiger partial charge in [-0.2, -0.15) is 0 Å². The molecule has 0 aromatic heterocycles. The number of aliphatic carboxylic acids is 1. The molecule has 0 bridgehead atoms. The van der Waals surface area contributed by atoms with E-state index in [1.165, 1.54) is 0 Å². The number of carboxylic acid groups (broad SMARTS) is 1. The predicted molar refractivity (Wildman–Crippen MR) is 39.5 cm³/mol. The number of carbonyl (C=O) groups is 1. The van der Waals surface area contributed by atoms with Crippen molar-refractivity contribution in [3.05, 3.63) is 0 Å². The molecule has 0 unspecified atom stereocenters. The Hall–Kier alpha value is 0.534. The topological polar surface area (TPSA) is 57.5 Å². The molecule has 0 saturated heterocycles. The van der Waals surface area contributed by atoms with Crippen LogP contribution in [-0.2, 0) is 37.5 Å². The predicted octanol–water partition coefficient (Wildman–Crippen LogP) is 1.36. The SMILES string of the molecule is C.C.CCC(=O)O.CO.[Y]. The molecule has 10 heavy (non-hydrogen) atoms. The second-order valence-electron chi connectivity index (χ2n) is 0.747. The summed E-state index contributed by atoms with van der Waals surface area (Å²) in [6.45, 7) is 1.60. The van der Waals surface area contributed by atoms with Crippen molar-refractivity contribution in [2.75, 3.05) is 7.11 Å². The Labute approximate surface area is 88.7 Å². The van der Waals surface area contributed by atoms with Gasteiger partial charge in [0.15, 0.2) is 0 Å². The minimum atomic E-state index is -0.745. The first-order chi connectivity index (χ1) is 3.27. The van der Waals surface area contributed by atoms with E-state index in [0.717, 1.165) is 7.11 Å². The van der Waals surface area contributed by atoms with E-state index in [2.05, 4.69) is 0 Å². The molecule has 0 rings (SSSR count). The zero-order chi connectivity index (χ0) is 6.28. The van der Waals surface area contributed by atoms with Gasteiger partial charge in [0.05, 0.1) is 0 Å². The van der Waals surface area contributed by atoms with Crippen LogP contribution in [0.25, 0.3) is 0 Å². The number of aliphatic hydroxyl groups is 1. The summed E-state index contributed by atoms with van der Waals surface area (Å²) >= 11 is 0. The largest absolute Gasteiger partial charge is 0.481 e. The van der Waals surface area contributed by atoms with Gasteiger partial charge in [0.2, 0.25) is 0 Å². The van der Waals surface area contributed by atoms with E-state index in [0.29, 0.717) is 0 Å². The molecule has 0 aliphatic heterocycles. The molecule has 0 aliphatic rings. The smallest absolute Gasteiger partial charge is 0.303 e. The summed E-state index contributed by atoms with van der Waals surface area (Å²) < 4.78 is 0. The van der Waals surface area contributed by atoms with Crippen LogP contribution >= 0.6 is 0 Å². The van der Waals surface area contributed by atoms with Gasteiger partial charge in [-0.15, -0.1) is 0 Å². The summed E-state index contributed by atoms with van der Waals surface area (Å²) in [6, 6.07) is 0. The molecule has 0 atom stereocenters.